The van der Waals surface area contributed by atoms with Gasteiger partial charge in [0, 0.05) is 0 Å². The van der Waals surface area contributed by atoms with Gasteiger partial charge >= 0.3 is 6.09 Å². The molecule has 0 spiro atoms. The highest BCUT2D eigenvalue weighted by Gasteiger charge is 2.30. The van der Waals surface area contributed by atoms with Gasteiger partial charge in [0.05, 0.1) is 19.8 Å². The van der Waals surface area contributed by atoms with E-state index in [4.69, 9.17) is 4.74 Å². The average molecular weight is 334 g/mol. The largest absolute Gasteiger partial charge is 0.494 e. The molecule has 2 N–H and O–H groups in total. The molecule has 0 fully saturated rings. The molecule has 6 heteroatoms. The second-order valence-electron chi connectivity index (χ2n) is 6.21. The number of nitrogens with one attached hydrogen (secondary N) is 2. The summed E-state index contributed by atoms with van der Waals surface area (Å²) in [6.07, 6.45) is 1.09. The molecule has 6 nitrogen and oxygen atoms in total. The maximum Gasteiger partial charge on any atom is 0.407 e. The fourth-order valence-electron chi connectivity index (χ4n) is 3.04. The molecule has 0 aliphatic heterocycles. The Bertz CT molecular complexity index is 601. The number of amides is 2. The van der Waals surface area contributed by atoms with Crippen molar-refractivity contribution in [3.63, 3.8) is 0 Å². The topological polar surface area (TPSA) is 76.7 Å². The highest BCUT2D eigenvalue weighted by molar-refractivity contribution is 5.86. The second-order valence-corrected chi connectivity index (χ2v) is 6.21. The minimum atomic E-state index is -0.628. The molecular formula is C18H26N2O4. The molecule has 0 saturated heterocycles. The minimum Gasteiger partial charge on any atom is -0.494 e. The first kappa shape index (κ1) is 18.1. The highest BCUT2D eigenvalue weighted by Crippen LogP contribution is 2.37. The van der Waals surface area contributed by atoms with Crippen LogP contribution in [-0.2, 0) is 16.0 Å². The van der Waals surface area contributed by atoms with Gasteiger partial charge in [-0.25, -0.2) is 4.79 Å². The van der Waals surface area contributed by atoms with Crippen LogP contribution in [0.2, 0.25) is 0 Å². The standard InChI is InChI=1S/C18H26N2O4/c1-5-24-15-8-6-7-12-13(15)9-10-14(12)19-17(21)16(11(2)3)20-18(22)23-4/h6-8,11,14,16H,5,9-10H2,1-4H3,(H,19,21)(H,20,22)/t14?,16-/m0/s1. The van der Waals surface area contributed by atoms with Gasteiger partial charge in [-0.15, -0.1) is 0 Å². The third kappa shape index (κ3) is 3.99. The summed E-state index contributed by atoms with van der Waals surface area (Å²) < 4.78 is 10.3. The van der Waals surface area contributed by atoms with Crippen LogP contribution in [0, 0.1) is 5.92 Å². The first-order valence-corrected chi connectivity index (χ1v) is 8.37. The Balaban J connectivity index is 2.11. The molecule has 1 aromatic rings. The van der Waals surface area contributed by atoms with Gasteiger partial charge in [-0.3, -0.25) is 4.79 Å². The number of carbonyl (C=O) groups excluding carboxylic acids is 2. The van der Waals surface area contributed by atoms with E-state index < -0.39 is 12.1 Å². The Morgan fingerprint density at radius 2 is 2.08 bits per heavy atom. The Morgan fingerprint density at radius 1 is 1.33 bits per heavy atom. The van der Waals surface area contributed by atoms with Crippen LogP contribution in [0.15, 0.2) is 18.2 Å². The summed E-state index contributed by atoms with van der Waals surface area (Å²) in [6.45, 7) is 6.34. The maximum atomic E-state index is 12.6. The van der Waals surface area contributed by atoms with E-state index in [-0.39, 0.29) is 17.9 Å². The number of fused-ring (bicyclic) bond motifs is 1. The normalized spacial score (nSPS) is 17.1. The number of alkyl carbamates (subject to hydrolysis) is 1. The van der Waals surface area contributed by atoms with Crippen LogP contribution in [0.5, 0.6) is 5.75 Å². The Hall–Kier alpha value is -2.24. The molecule has 24 heavy (non-hydrogen) atoms. The smallest absolute Gasteiger partial charge is 0.407 e. The summed E-state index contributed by atoms with van der Waals surface area (Å²) in [6, 6.07) is 5.24. The molecule has 1 aliphatic carbocycles. The van der Waals surface area contributed by atoms with Crippen LogP contribution in [0.4, 0.5) is 4.79 Å². The zero-order valence-corrected chi connectivity index (χ0v) is 14.7. The predicted molar refractivity (Wildman–Crippen MR) is 91.0 cm³/mol. The molecule has 2 atom stereocenters. The molecule has 0 heterocycles. The van der Waals surface area contributed by atoms with Crippen LogP contribution < -0.4 is 15.4 Å². The monoisotopic (exact) mass is 334 g/mol. The lowest BCUT2D eigenvalue weighted by Gasteiger charge is -2.23. The minimum absolute atomic E-state index is 0.0419. The summed E-state index contributed by atoms with van der Waals surface area (Å²) >= 11 is 0. The number of rotatable bonds is 6. The molecule has 0 bridgehead atoms. The first-order chi connectivity index (χ1) is 11.5. The molecule has 132 valence electrons. The zero-order chi connectivity index (χ0) is 17.7. The third-order valence-corrected chi connectivity index (χ3v) is 4.25. The Morgan fingerprint density at radius 3 is 2.71 bits per heavy atom. The van der Waals surface area contributed by atoms with Gasteiger partial charge in [-0.2, -0.15) is 0 Å². The number of benzene rings is 1. The van der Waals surface area contributed by atoms with E-state index >= 15 is 0 Å². The van der Waals surface area contributed by atoms with Gasteiger partial charge in [0.1, 0.15) is 11.8 Å². The SMILES string of the molecule is CCOc1cccc2c1CCC2NC(=O)[C@@H](NC(=O)OC)C(C)C. The van der Waals surface area contributed by atoms with Gasteiger partial charge in [0.2, 0.25) is 5.91 Å². The van der Waals surface area contributed by atoms with Crippen molar-refractivity contribution in [1.29, 1.82) is 0 Å². The van der Waals surface area contributed by atoms with Crippen molar-refractivity contribution >= 4 is 12.0 Å². The van der Waals surface area contributed by atoms with E-state index in [9.17, 15) is 9.59 Å². The lowest BCUT2D eigenvalue weighted by atomic mass is 10.0. The van der Waals surface area contributed by atoms with E-state index in [1.807, 2.05) is 39.0 Å². The number of hydrogen-bond donors (Lipinski definition) is 2. The van der Waals surface area contributed by atoms with Crippen molar-refractivity contribution in [1.82, 2.24) is 10.6 Å². The molecule has 1 unspecified atom stereocenters. The zero-order valence-electron chi connectivity index (χ0n) is 14.7. The van der Waals surface area contributed by atoms with Gasteiger partial charge in [-0.1, -0.05) is 26.0 Å². The molecule has 1 aliphatic rings. The summed E-state index contributed by atoms with van der Waals surface area (Å²) in [7, 11) is 1.28. The molecule has 0 aromatic heterocycles. The molecule has 2 rings (SSSR count). The Kier molecular flexibility index (Phi) is 6.06. The van der Waals surface area contributed by atoms with Crippen molar-refractivity contribution < 1.29 is 19.1 Å². The second kappa shape index (κ2) is 8.04. The Labute approximate surface area is 142 Å². The van der Waals surface area contributed by atoms with E-state index in [1.165, 1.54) is 7.11 Å². The molecule has 0 radical (unpaired) electrons. The molecule has 2 amide bonds. The maximum absolute atomic E-state index is 12.6. The van der Waals surface area contributed by atoms with Gasteiger partial charge in [0.25, 0.3) is 0 Å². The fourth-order valence-corrected chi connectivity index (χ4v) is 3.04. The lowest BCUT2D eigenvalue weighted by Crippen LogP contribution is -2.50. The number of methoxy groups -OCH3 is 1. The van der Waals surface area contributed by atoms with Gasteiger partial charge < -0.3 is 20.1 Å². The summed E-state index contributed by atoms with van der Waals surface area (Å²) in [5.41, 5.74) is 2.25. The summed E-state index contributed by atoms with van der Waals surface area (Å²) in [5.74, 6) is 0.648. The van der Waals surface area contributed by atoms with Crippen LogP contribution in [0.25, 0.3) is 0 Å². The van der Waals surface area contributed by atoms with Crippen molar-refractivity contribution in [2.75, 3.05) is 13.7 Å². The number of carbonyl (C=O) groups is 2. The van der Waals surface area contributed by atoms with Gasteiger partial charge in [0.15, 0.2) is 0 Å². The van der Waals surface area contributed by atoms with Gasteiger partial charge in [-0.05, 0) is 42.9 Å². The summed E-state index contributed by atoms with van der Waals surface area (Å²) in [4.78, 5) is 24.1. The average Bonchev–Trinajstić information content (AvgIpc) is 2.96. The first-order valence-electron chi connectivity index (χ1n) is 8.37. The highest BCUT2D eigenvalue weighted by atomic mass is 16.5. The van der Waals surface area contributed by atoms with Crippen molar-refractivity contribution in [2.45, 2.75) is 45.7 Å². The van der Waals surface area contributed by atoms with Crippen LogP contribution in [-0.4, -0.2) is 31.8 Å². The summed E-state index contributed by atoms with van der Waals surface area (Å²) in [5, 5.41) is 5.65. The van der Waals surface area contributed by atoms with Crippen LogP contribution in [0.3, 0.4) is 0 Å². The number of hydrogen-bond acceptors (Lipinski definition) is 4. The fraction of sp³-hybridized carbons (Fsp3) is 0.556. The van der Waals surface area contributed by atoms with E-state index in [1.54, 1.807) is 0 Å². The van der Waals surface area contributed by atoms with E-state index in [0.717, 1.165) is 29.7 Å². The third-order valence-electron chi connectivity index (χ3n) is 4.25. The quantitative estimate of drug-likeness (QED) is 0.838. The van der Waals surface area contributed by atoms with Crippen molar-refractivity contribution in [3.8, 4) is 5.75 Å². The van der Waals surface area contributed by atoms with Crippen molar-refractivity contribution in [3.05, 3.63) is 29.3 Å². The van der Waals surface area contributed by atoms with E-state index in [0.29, 0.717) is 6.61 Å². The van der Waals surface area contributed by atoms with Crippen LogP contribution in [0.1, 0.15) is 44.4 Å². The van der Waals surface area contributed by atoms with Crippen LogP contribution >= 0.6 is 0 Å². The molecular weight excluding hydrogens is 308 g/mol. The lowest BCUT2D eigenvalue weighted by molar-refractivity contribution is -0.124. The van der Waals surface area contributed by atoms with E-state index in [2.05, 4.69) is 15.4 Å². The van der Waals surface area contributed by atoms with Crippen molar-refractivity contribution in [2.24, 2.45) is 5.92 Å². The molecule has 0 saturated carbocycles. The number of ether oxygens (including phenoxy) is 2. The predicted octanol–water partition coefficient (Wildman–Crippen LogP) is 2.57. The molecule has 1 aromatic carbocycles.